The Bertz CT molecular complexity index is 943. The molecule has 0 bridgehead atoms. The first-order chi connectivity index (χ1) is 11.8. The second kappa shape index (κ2) is 6.08. The Morgan fingerprint density at radius 3 is 3.12 bits per heavy atom. The van der Waals surface area contributed by atoms with Gasteiger partial charge < -0.3 is 14.5 Å². The van der Waals surface area contributed by atoms with Crippen LogP contribution in [0.15, 0.2) is 35.7 Å². The quantitative estimate of drug-likeness (QED) is 0.548. The summed E-state index contributed by atoms with van der Waals surface area (Å²) < 4.78 is 11.8. The van der Waals surface area contributed by atoms with Crippen molar-refractivity contribution in [3.8, 4) is 11.5 Å². The van der Waals surface area contributed by atoms with E-state index in [-0.39, 0.29) is 0 Å². The van der Waals surface area contributed by atoms with Crippen molar-refractivity contribution >= 4 is 22.5 Å². The number of oxazole rings is 1. The van der Waals surface area contributed by atoms with Gasteiger partial charge in [-0.3, -0.25) is 9.78 Å². The predicted octanol–water partition coefficient (Wildman–Crippen LogP) is 1.59. The van der Waals surface area contributed by atoms with Gasteiger partial charge in [-0.25, -0.2) is 15.0 Å². The molecule has 0 aromatic carbocycles. The standard InChI is InChI=1S/C14H14N8O2/c1-23-3-2-22-6-9(4-17-22)18-14-12-10(5-16-21-12)19-13(20-14)11-7-24-8-15-11/h4-8H,2-3H2,1H3,(H,16,21)(H,18,19,20). The van der Waals surface area contributed by atoms with Crippen LogP contribution in [-0.2, 0) is 11.3 Å². The highest BCUT2D eigenvalue weighted by molar-refractivity contribution is 5.88. The highest BCUT2D eigenvalue weighted by Gasteiger charge is 2.13. The predicted molar refractivity (Wildman–Crippen MR) is 84.6 cm³/mol. The number of aromatic amines is 1. The van der Waals surface area contributed by atoms with Gasteiger partial charge in [0.2, 0.25) is 0 Å². The molecule has 2 N–H and O–H groups in total. The number of nitrogens with one attached hydrogen (secondary N) is 2. The lowest BCUT2D eigenvalue weighted by atomic mass is 10.3. The van der Waals surface area contributed by atoms with Crippen LogP contribution in [0.1, 0.15) is 0 Å². The van der Waals surface area contributed by atoms with E-state index in [2.05, 4.69) is 35.6 Å². The third-order valence-corrected chi connectivity index (χ3v) is 3.38. The third kappa shape index (κ3) is 2.70. The number of H-pyrrole nitrogens is 1. The molecule has 0 amide bonds. The van der Waals surface area contributed by atoms with Crippen LogP contribution in [0.5, 0.6) is 0 Å². The maximum Gasteiger partial charge on any atom is 0.184 e. The molecule has 0 unspecified atom stereocenters. The fourth-order valence-corrected chi connectivity index (χ4v) is 2.24. The van der Waals surface area contributed by atoms with Crippen molar-refractivity contribution in [1.82, 2.24) is 34.9 Å². The topological polar surface area (TPSA) is 120 Å². The van der Waals surface area contributed by atoms with Gasteiger partial charge in [0.1, 0.15) is 23.0 Å². The zero-order valence-corrected chi connectivity index (χ0v) is 12.8. The monoisotopic (exact) mass is 326 g/mol. The second-order valence-electron chi connectivity index (χ2n) is 5.01. The van der Waals surface area contributed by atoms with Gasteiger partial charge in [-0.2, -0.15) is 10.2 Å². The Hall–Kier alpha value is -3.27. The largest absolute Gasteiger partial charge is 0.451 e. The molecule has 0 atom stereocenters. The number of fused-ring (bicyclic) bond motifs is 1. The molecular formula is C14H14N8O2. The molecule has 0 aliphatic rings. The van der Waals surface area contributed by atoms with Crippen LogP contribution in [0.2, 0.25) is 0 Å². The number of hydrogen-bond donors (Lipinski definition) is 2. The van der Waals surface area contributed by atoms with Gasteiger partial charge >= 0.3 is 0 Å². The Morgan fingerprint density at radius 1 is 1.33 bits per heavy atom. The zero-order valence-electron chi connectivity index (χ0n) is 12.8. The van der Waals surface area contributed by atoms with Crippen LogP contribution in [0.3, 0.4) is 0 Å². The van der Waals surface area contributed by atoms with Crippen LogP contribution in [0.25, 0.3) is 22.6 Å². The van der Waals surface area contributed by atoms with Crippen molar-refractivity contribution in [2.45, 2.75) is 6.54 Å². The first-order valence-corrected chi connectivity index (χ1v) is 7.21. The van der Waals surface area contributed by atoms with Gasteiger partial charge in [-0.15, -0.1) is 0 Å². The summed E-state index contributed by atoms with van der Waals surface area (Å²) in [5.41, 5.74) is 2.73. The average molecular weight is 326 g/mol. The van der Waals surface area contributed by atoms with E-state index < -0.39 is 0 Å². The maximum atomic E-state index is 5.05. The van der Waals surface area contributed by atoms with Crippen LogP contribution in [0.4, 0.5) is 11.5 Å². The Balaban J connectivity index is 1.68. The molecule has 0 spiro atoms. The average Bonchev–Trinajstić information content (AvgIpc) is 3.33. The van der Waals surface area contributed by atoms with Gasteiger partial charge in [0, 0.05) is 13.3 Å². The Morgan fingerprint density at radius 2 is 2.29 bits per heavy atom. The number of methoxy groups -OCH3 is 1. The molecule has 4 aromatic rings. The lowest BCUT2D eigenvalue weighted by Gasteiger charge is -2.05. The summed E-state index contributed by atoms with van der Waals surface area (Å²) >= 11 is 0. The maximum absolute atomic E-state index is 5.05. The van der Waals surface area contributed by atoms with Gasteiger partial charge in [-0.05, 0) is 0 Å². The highest BCUT2D eigenvalue weighted by atomic mass is 16.5. The molecule has 0 saturated heterocycles. The van der Waals surface area contributed by atoms with E-state index in [0.29, 0.717) is 41.5 Å². The van der Waals surface area contributed by atoms with Gasteiger partial charge in [0.25, 0.3) is 0 Å². The molecule has 122 valence electrons. The molecule has 4 aromatic heterocycles. The van der Waals surface area contributed by atoms with Gasteiger partial charge in [0.05, 0.1) is 31.2 Å². The molecule has 10 nitrogen and oxygen atoms in total. The molecule has 0 fully saturated rings. The normalized spacial score (nSPS) is 11.2. The van der Waals surface area contributed by atoms with Crippen molar-refractivity contribution in [2.24, 2.45) is 0 Å². The number of aromatic nitrogens is 7. The number of ether oxygens (including phenoxy) is 1. The van der Waals surface area contributed by atoms with Crippen molar-refractivity contribution in [3.63, 3.8) is 0 Å². The van der Waals surface area contributed by atoms with Crippen LogP contribution in [-0.4, -0.2) is 48.6 Å². The van der Waals surface area contributed by atoms with Gasteiger partial charge in [-0.1, -0.05) is 0 Å². The van der Waals surface area contributed by atoms with Crippen LogP contribution in [0, 0.1) is 0 Å². The minimum Gasteiger partial charge on any atom is -0.451 e. The lowest BCUT2D eigenvalue weighted by molar-refractivity contribution is 0.183. The van der Waals surface area contributed by atoms with E-state index in [1.54, 1.807) is 24.2 Å². The molecular weight excluding hydrogens is 312 g/mol. The molecule has 10 heteroatoms. The fourth-order valence-electron chi connectivity index (χ4n) is 2.24. The van der Waals surface area contributed by atoms with E-state index in [1.165, 1.54) is 12.7 Å². The van der Waals surface area contributed by atoms with Crippen LogP contribution < -0.4 is 5.32 Å². The van der Waals surface area contributed by atoms with Crippen molar-refractivity contribution in [2.75, 3.05) is 19.0 Å². The SMILES string of the molecule is COCCn1cc(Nc2nc(-c3cocn3)nc3cn[nH]c23)cn1. The Kier molecular flexibility index (Phi) is 3.63. The summed E-state index contributed by atoms with van der Waals surface area (Å²) in [6.45, 7) is 1.27. The number of hydrogen-bond acceptors (Lipinski definition) is 8. The second-order valence-corrected chi connectivity index (χ2v) is 5.01. The van der Waals surface area contributed by atoms with Crippen LogP contribution >= 0.6 is 0 Å². The third-order valence-electron chi connectivity index (χ3n) is 3.38. The van der Waals surface area contributed by atoms with E-state index >= 15 is 0 Å². The molecule has 0 saturated carbocycles. The van der Waals surface area contributed by atoms with E-state index in [4.69, 9.17) is 9.15 Å². The lowest BCUT2D eigenvalue weighted by Crippen LogP contribution is -2.04. The molecule has 0 aliphatic carbocycles. The first-order valence-electron chi connectivity index (χ1n) is 7.21. The summed E-state index contributed by atoms with van der Waals surface area (Å²) in [7, 11) is 1.66. The van der Waals surface area contributed by atoms with E-state index in [1.807, 2.05) is 6.20 Å². The minimum absolute atomic E-state index is 0.451. The summed E-state index contributed by atoms with van der Waals surface area (Å²) in [4.78, 5) is 13.0. The smallest absolute Gasteiger partial charge is 0.184 e. The Labute approximate surface area is 135 Å². The summed E-state index contributed by atoms with van der Waals surface area (Å²) in [6, 6.07) is 0. The summed E-state index contributed by atoms with van der Waals surface area (Å²) in [5, 5.41) is 14.4. The van der Waals surface area contributed by atoms with Crippen molar-refractivity contribution < 1.29 is 9.15 Å². The number of nitrogens with zero attached hydrogens (tertiary/aromatic N) is 6. The summed E-state index contributed by atoms with van der Waals surface area (Å²) in [6.07, 6.45) is 8.06. The first kappa shape index (κ1) is 14.3. The molecule has 4 rings (SSSR count). The highest BCUT2D eigenvalue weighted by Crippen LogP contribution is 2.24. The fraction of sp³-hybridized carbons (Fsp3) is 0.214. The molecule has 0 aliphatic heterocycles. The molecule has 4 heterocycles. The summed E-state index contributed by atoms with van der Waals surface area (Å²) in [5.74, 6) is 1.04. The number of anilines is 2. The number of rotatable bonds is 6. The van der Waals surface area contributed by atoms with E-state index in [9.17, 15) is 0 Å². The van der Waals surface area contributed by atoms with Crippen molar-refractivity contribution in [3.05, 3.63) is 31.2 Å². The minimum atomic E-state index is 0.451. The zero-order chi connectivity index (χ0) is 16.4. The van der Waals surface area contributed by atoms with E-state index in [0.717, 1.165) is 5.69 Å². The van der Waals surface area contributed by atoms with Gasteiger partial charge in [0.15, 0.2) is 18.0 Å². The van der Waals surface area contributed by atoms with Crippen molar-refractivity contribution in [1.29, 1.82) is 0 Å². The molecule has 24 heavy (non-hydrogen) atoms. The molecule has 0 radical (unpaired) electrons.